The van der Waals surface area contributed by atoms with Gasteiger partial charge in [0.15, 0.2) is 0 Å². The summed E-state index contributed by atoms with van der Waals surface area (Å²) < 4.78 is 10.7. The molecule has 19 heavy (non-hydrogen) atoms. The fraction of sp³-hybridized carbons (Fsp3) is 0.500. The van der Waals surface area contributed by atoms with Crippen LogP contribution in [0.3, 0.4) is 0 Å². The number of morpholine rings is 1. The van der Waals surface area contributed by atoms with Crippen LogP contribution in [-0.4, -0.2) is 37.6 Å². The Morgan fingerprint density at radius 2 is 1.84 bits per heavy atom. The second kappa shape index (κ2) is 6.21. The lowest BCUT2D eigenvalue weighted by molar-refractivity contribution is -0.00521. The highest BCUT2D eigenvalue weighted by Crippen LogP contribution is 2.22. The van der Waals surface area contributed by atoms with Crippen LogP contribution in [0.5, 0.6) is 0 Å². The van der Waals surface area contributed by atoms with Gasteiger partial charge in [-0.1, -0.05) is 0 Å². The number of nitrogens with zero attached hydrogens (tertiary/aromatic N) is 1. The molecule has 0 unspecified atom stereocenters. The summed E-state index contributed by atoms with van der Waals surface area (Å²) in [7, 11) is 1.56. The van der Waals surface area contributed by atoms with Crippen molar-refractivity contribution in [3.8, 4) is 0 Å². The van der Waals surface area contributed by atoms with Gasteiger partial charge < -0.3 is 19.7 Å². The van der Waals surface area contributed by atoms with E-state index in [1.54, 1.807) is 7.11 Å². The molecule has 1 saturated heterocycles. The smallest absolute Gasteiger partial charge is 0.260 e. The summed E-state index contributed by atoms with van der Waals surface area (Å²) in [5.41, 5.74) is 2.14. The van der Waals surface area contributed by atoms with E-state index in [9.17, 15) is 0 Å². The maximum atomic E-state index is 5.74. The van der Waals surface area contributed by atoms with E-state index in [1.165, 1.54) is 5.69 Å². The van der Waals surface area contributed by atoms with E-state index in [1.807, 2.05) is 12.1 Å². The van der Waals surface area contributed by atoms with Gasteiger partial charge in [0.25, 0.3) is 5.17 Å². The minimum absolute atomic E-state index is 0.266. The lowest BCUT2D eigenvalue weighted by atomic mass is 10.2. The lowest BCUT2D eigenvalue weighted by Gasteiger charge is -2.36. The summed E-state index contributed by atoms with van der Waals surface area (Å²) in [5.74, 6) is 0. The van der Waals surface area contributed by atoms with E-state index in [-0.39, 0.29) is 12.2 Å². The zero-order valence-electron chi connectivity index (χ0n) is 11.6. The number of nitrogens with one attached hydrogen (secondary N) is 1. The van der Waals surface area contributed by atoms with E-state index in [2.05, 4.69) is 36.2 Å². The van der Waals surface area contributed by atoms with Crippen molar-refractivity contribution in [2.24, 2.45) is 0 Å². The number of ether oxygens (including phenoxy) is 2. The molecule has 1 aromatic rings. The number of methoxy groups -OCH3 is 1. The zero-order valence-corrected chi connectivity index (χ0v) is 12.4. The van der Waals surface area contributed by atoms with Crippen molar-refractivity contribution in [3.63, 3.8) is 0 Å². The second-order valence-corrected chi connectivity index (χ2v) is 5.20. The van der Waals surface area contributed by atoms with Crippen LogP contribution in [-0.2, 0) is 9.47 Å². The first-order valence-electron chi connectivity index (χ1n) is 6.44. The third-order valence-corrected chi connectivity index (χ3v) is 3.35. The van der Waals surface area contributed by atoms with Crippen molar-refractivity contribution >= 4 is 28.8 Å². The van der Waals surface area contributed by atoms with Gasteiger partial charge in [0.05, 0.1) is 19.3 Å². The maximum absolute atomic E-state index is 5.74. The van der Waals surface area contributed by atoms with Gasteiger partial charge in [0.2, 0.25) is 0 Å². The molecule has 4 nitrogen and oxygen atoms in total. The summed E-state index contributed by atoms with van der Waals surface area (Å²) >= 11 is 4.97. The van der Waals surface area contributed by atoms with Gasteiger partial charge in [0.1, 0.15) is 0 Å². The van der Waals surface area contributed by atoms with Crippen molar-refractivity contribution in [2.45, 2.75) is 26.1 Å². The average molecular weight is 280 g/mol. The molecule has 1 aliphatic heterocycles. The average Bonchev–Trinajstić information content (AvgIpc) is 2.38. The molecular formula is C14H20N2O2S. The summed E-state index contributed by atoms with van der Waals surface area (Å²) in [6.07, 6.45) is 0.533. The molecule has 1 aromatic carbocycles. The number of thiocarbonyl (C=S) groups is 1. The molecule has 0 aliphatic carbocycles. The minimum Gasteiger partial charge on any atom is -0.474 e. The van der Waals surface area contributed by atoms with Crippen LogP contribution in [0.2, 0.25) is 0 Å². The standard InChI is InChI=1S/C14H20N2O2S/c1-10-8-16(9-11(2)18-10)13-6-4-12(5-7-13)15-14(19)17-3/h4-7,10-11H,8-9H2,1-3H3,(H,15,19)/t10-,11-/m1/s1. The third kappa shape index (κ3) is 3.81. The number of benzene rings is 1. The summed E-state index contributed by atoms with van der Waals surface area (Å²) in [4.78, 5) is 2.34. The van der Waals surface area contributed by atoms with E-state index in [4.69, 9.17) is 21.7 Å². The Hall–Kier alpha value is -1.33. The number of anilines is 2. The Morgan fingerprint density at radius 1 is 1.26 bits per heavy atom. The van der Waals surface area contributed by atoms with Gasteiger partial charge in [-0.2, -0.15) is 0 Å². The SMILES string of the molecule is COC(=S)Nc1ccc(N2C[C@@H](C)O[C@H](C)C2)cc1. The maximum Gasteiger partial charge on any atom is 0.260 e. The van der Waals surface area contributed by atoms with Crippen LogP contribution in [0.25, 0.3) is 0 Å². The Morgan fingerprint density at radius 3 is 2.37 bits per heavy atom. The molecule has 0 spiro atoms. The quantitative estimate of drug-likeness (QED) is 0.842. The molecule has 2 atom stereocenters. The van der Waals surface area contributed by atoms with Gasteiger partial charge in [-0.05, 0) is 50.3 Å². The first kappa shape index (κ1) is 14.1. The monoisotopic (exact) mass is 280 g/mol. The Balaban J connectivity index is 2.03. The van der Waals surface area contributed by atoms with Gasteiger partial charge >= 0.3 is 0 Å². The van der Waals surface area contributed by atoms with Gasteiger partial charge in [0, 0.05) is 24.5 Å². The topological polar surface area (TPSA) is 33.7 Å². The van der Waals surface area contributed by atoms with Crippen molar-refractivity contribution in [2.75, 3.05) is 30.4 Å². The molecule has 0 saturated carbocycles. The molecule has 1 heterocycles. The van der Waals surface area contributed by atoms with Gasteiger partial charge in [-0.15, -0.1) is 0 Å². The van der Waals surface area contributed by atoms with Gasteiger partial charge in [-0.3, -0.25) is 0 Å². The molecule has 0 amide bonds. The fourth-order valence-electron chi connectivity index (χ4n) is 2.31. The van der Waals surface area contributed by atoms with E-state index < -0.39 is 0 Å². The molecule has 1 aliphatic rings. The van der Waals surface area contributed by atoms with Crippen molar-refractivity contribution in [3.05, 3.63) is 24.3 Å². The Kier molecular flexibility index (Phi) is 4.61. The molecule has 2 rings (SSSR count). The van der Waals surface area contributed by atoms with E-state index in [0.29, 0.717) is 5.17 Å². The second-order valence-electron chi connectivity index (χ2n) is 4.83. The Bertz CT molecular complexity index is 426. The van der Waals surface area contributed by atoms with E-state index in [0.717, 1.165) is 18.8 Å². The predicted molar refractivity (Wildman–Crippen MR) is 81.9 cm³/mol. The largest absolute Gasteiger partial charge is 0.474 e. The molecule has 0 aromatic heterocycles. The zero-order chi connectivity index (χ0) is 13.8. The lowest BCUT2D eigenvalue weighted by Crippen LogP contribution is -2.45. The summed E-state index contributed by atoms with van der Waals surface area (Å²) in [6.45, 7) is 6.06. The highest BCUT2D eigenvalue weighted by molar-refractivity contribution is 7.80. The molecular weight excluding hydrogens is 260 g/mol. The normalized spacial score (nSPS) is 23.0. The summed E-state index contributed by atoms with van der Waals surface area (Å²) in [6, 6.07) is 8.19. The molecule has 1 fully saturated rings. The molecule has 1 N–H and O–H groups in total. The fourth-order valence-corrected chi connectivity index (χ4v) is 2.43. The third-order valence-electron chi connectivity index (χ3n) is 3.08. The van der Waals surface area contributed by atoms with Crippen LogP contribution in [0.4, 0.5) is 11.4 Å². The molecule has 104 valence electrons. The van der Waals surface area contributed by atoms with Crippen LogP contribution in [0, 0.1) is 0 Å². The Labute approximate surface area is 119 Å². The van der Waals surface area contributed by atoms with Crippen LogP contribution < -0.4 is 10.2 Å². The highest BCUT2D eigenvalue weighted by Gasteiger charge is 2.22. The first-order chi connectivity index (χ1) is 9.08. The first-order valence-corrected chi connectivity index (χ1v) is 6.84. The molecule has 5 heteroatoms. The highest BCUT2D eigenvalue weighted by atomic mass is 32.1. The van der Waals surface area contributed by atoms with Gasteiger partial charge in [-0.25, -0.2) is 0 Å². The molecule has 0 bridgehead atoms. The number of rotatable bonds is 2. The van der Waals surface area contributed by atoms with Crippen LogP contribution in [0.15, 0.2) is 24.3 Å². The number of hydrogen-bond donors (Lipinski definition) is 1. The number of hydrogen-bond acceptors (Lipinski definition) is 4. The predicted octanol–water partition coefficient (Wildman–Crippen LogP) is 2.64. The van der Waals surface area contributed by atoms with Crippen LogP contribution >= 0.6 is 12.2 Å². The molecule has 0 radical (unpaired) electrons. The summed E-state index contributed by atoms with van der Waals surface area (Å²) in [5, 5.41) is 3.38. The van der Waals surface area contributed by atoms with Crippen molar-refractivity contribution in [1.82, 2.24) is 0 Å². The van der Waals surface area contributed by atoms with Crippen LogP contribution in [0.1, 0.15) is 13.8 Å². The van der Waals surface area contributed by atoms with E-state index >= 15 is 0 Å². The van der Waals surface area contributed by atoms with Crippen molar-refractivity contribution < 1.29 is 9.47 Å². The van der Waals surface area contributed by atoms with Crippen molar-refractivity contribution in [1.29, 1.82) is 0 Å². The minimum atomic E-state index is 0.266.